The molecule has 0 aromatic heterocycles. The van der Waals surface area contributed by atoms with Crippen molar-refractivity contribution in [2.24, 2.45) is 0 Å². The molecule has 18 heavy (non-hydrogen) atoms. The number of carbonyl (C=O) groups excluding carboxylic acids is 1. The summed E-state index contributed by atoms with van der Waals surface area (Å²) in [5, 5.41) is 15.6. The summed E-state index contributed by atoms with van der Waals surface area (Å²) in [7, 11) is 0. The van der Waals surface area contributed by atoms with Gasteiger partial charge < -0.3 is 15.7 Å². The fraction of sp³-hybridized carbons (Fsp3) is 0.500. The molecule has 1 fully saturated rings. The Kier molecular flexibility index (Phi) is 3.87. The van der Waals surface area contributed by atoms with Gasteiger partial charge in [-0.05, 0) is 31.4 Å². The van der Waals surface area contributed by atoms with Crippen molar-refractivity contribution in [3.05, 3.63) is 29.8 Å². The van der Waals surface area contributed by atoms with Gasteiger partial charge in [0.15, 0.2) is 0 Å². The van der Waals surface area contributed by atoms with Crippen LogP contribution < -0.4 is 10.6 Å². The first-order valence-electron chi connectivity index (χ1n) is 6.42. The second-order valence-corrected chi connectivity index (χ2v) is 5.05. The molecule has 0 atom stereocenters. The Bertz CT molecular complexity index is 426. The number of para-hydroxylation sites is 1. The molecule has 0 aliphatic heterocycles. The van der Waals surface area contributed by atoms with Crippen molar-refractivity contribution in [2.75, 3.05) is 11.9 Å². The maximum absolute atomic E-state index is 11.7. The van der Waals surface area contributed by atoms with Gasteiger partial charge >= 0.3 is 6.03 Å². The number of benzene rings is 1. The zero-order valence-corrected chi connectivity index (χ0v) is 10.7. The summed E-state index contributed by atoms with van der Waals surface area (Å²) in [6.07, 6.45) is 3.63. The zero-order valence-electron chi connectivity index (χ0n) is 10.7. The van der Waals surface area contributed by atoms with Crippen LogP contribution in [0, 0.1) is 6.92 Å². The van der Waals surface area contributed by atoms with Crippen LogP contribution in [0.5, 0.6) is 0 Å². The van der Waals surface area contributed by atoms with Crippen LogP contribution in [0.4, 0.5) is 10.5 Å². The molecule has 0 spiro atoms. The van der Waals surface area contributed by atoms with E-state index < -0.39 is 5.60 Å². The Morgan fingerprint density at radius 1 is 1.33 bits per heavy atom. The third-order valence-corrected chi connectivity index (χ3v) is 3.51. The van der Waals surface area contributed by atoms with Crippen LogP contribution in [0.2, 0.25) is 0 Å². The summed E-state index contributed by atoms with van der Waals surface area (Å²) in [6.45, 7) is 2.27. The lowest BCUT2D eigenvalue weighted by molar-refractivity contribution is 0.0506. The van der Waals surface area contributed by atoms with E-state index >= 15 is 0 Å². The first-order valence-corrected chi connectivity index (χ1v) is 6.42. The van der Waals surface area contributed by atoms with Gasteiger partial charge in [-0.3, -0.25) is 0 Å². The van der Waals surface area contributed by atoms with E-state index in [2.05, 4.69) is 10.6 Å². The predicted molar refractivity (Wildman–Crippen MR) is 71.6 cm³/mol. The number of hydrogen-bond acceptors (Lipinski definition) is 2. The Hall–Kier alpha value is -1.55. The quantitative estimate of drug-likeness (QED) is 0.769. The molecule has 1 aliphatic rings. The third-order valence-electron chi connectivity index (χ3n) is 3.51. The van der Waals surface area contributed by atoms with Gasteiger partial charge in [0.25, 0.3) is 0 Å². The largest absolute Gasteiger partial charge is 0.388 e. The number of urea groups is 1. The van der Waals surface area contributed by atoms with Gasteiger partial charge in [0.2, 0.25) is 0 Å². The fourth-order valence-electron chi connectivity index (χ4n) is 2.33. The molecule has 1 aromatic rings. The Labute approximate surface area is 107 Å². The molecule has 0 radical (unpaired) electrons. The fourth-order valence-corrected chi connectivity index (χ4v) is 2.33. The maximum atomic E-state index is 11.7. The minimum Gasteiger partial charge on any atom is -0.388 e. The summed E-state index contributed by atoms with van der Waals surface area (Å²) in [5.41, 5.74) is 1.11. The summed E-state index contributed by atoms with van der Waals surface area (Å²) in [6, 6.07) is 7.36. The molecule has 0 bridgehead atoms. The van der Waals surface area contributed by atoms with Crippen LogP contribution >= 0.6 is 0 Å². The van der Waals surface area contributed by atoms with Crippen molar-refractivity contribution in [1.29, 1.82) is 0 Å². The highest BCUT2D eigenvalue weighted by atomic mass is 16.3. The Morgan fingerprint density at radius 2 is 2.00 bits per heavy atom. The second kappa shape index (κ2) is 5.40. The average molecular weight is 248 g/mol. The lowest BCUT2D eigenvalue weighted by atomic mass is 10.0. The molecule has 0 saturated heterocycles. The number of hydrogen-bond donors (Lipinski definition) is 3. The summed E-state index contributed by atoms with van der Waals surface area (Å²) >= 11 is 0. The van der Waals surface area contributed by atoms with Gasteiger partial charge in [-0.2, -0.15) is 0 Å². The number of aliphatic hydroxyl groups is 1. The normalized spacial score (nSPS) is 17.4. The zero-order chi connectivity index (χ0) is 13.0. The van der Waals surface area contributed by atoms with Crippen molar-refractivity contribution < 1.29 is 9.90 Å². The van der Waals surface area contributed by atoms with Gasteiger partial charge in [0.05, 0.1) is 5.60 Å². The minimum atomic E-state index is -0.705. The van der Waals surface area contributed by atoms with E-state index in [1.807, 2.05) is 31.2 Å². The molecule has 1 aliphatic carbocycles. The molecular weight excluding hydrogens is 228 g/mol. The first kappa shape index (κ1) is 12.9. The molecule has 98 valence electrons. The lowest BCUT2D eigenvalue weighted by Crippen LogP contribution is -2.42. The van der Waals surface area contributed by atoms with Gasteiger partial charge in [-0.15, -0.1) is 0 Å². The topological polar surface area (TPSA) is 61.4 Å². The van der Waals surface area contributed by atoms with E-state index in [0.717, 1.165) is 36.9 Å². The molecule has 1 aromatic carbocycles. The van der Waals surface area contributed by atoms with Crippen LogP contribution in [0.15, 0.2) is 24.3 Å². The second-order valence-electron chi connectivity index (χ2n) is 5.05. The van der Waals surface area contributed by atoms with Gasteiger partial charge in [-0.1, -0.05) is 31.0 Å². The number of nitrogens with one attached hydrogen (secondary N) is 2. The monoisotopic (exact) mass is 248 g/mol. The van der Waals surface area contributed by atoms with Crippen LogP contribution in [0.1, 0.15) is 31.2 Å². The van der Waals surface area contributed by atoms with Crippen molar-refractivity contribution >= 4 is 11.7 Å². The van der Waals surface area contributed by atoms with E-state index in [4.69, 9.17) is 0 Å². The van der Waals surface area contributed by atoms with Crippen LogP contribution in [-0.4, -0.2) is 23.3 Å². The van der Waals surface area contributed by atoms with E-state index in [1.165, 1.54) is 0 Å². The van der Waals surface area contributed by atoms with Crippen LogP contribution in [0.3, 0.4) is 0 Å². The molecule has 3 N–H and O–H groups in total. The van der Waals surface area contributed by atoms with Crippen molar-refractivity contribution in [3.63, 3.8) is 0 Å². The van der Waals surface area contributed by atoms with E-state index in [-0.39, 0.29) is 6.03 Å². The molecule has 4 heteroatoms. The Morgan fingerprint density at radius 3 is 2.67 bits per heavy atom. The highest BCUT2D eigenvalue weighted by molar-refractivity contribution is 5.90. The number of amides is 2. The molecule has 4 nitrogen and oxygen atoms in total. The molecule has 0 unspecified atom stereocenters. The third kappa shape index (κ3) is 3.23. The molecule has 1 saturated carbocycles. The van der Waals surface area contributed by atoms with E-state index in [1.54, 1.807) is 0 Å². The van der Waals surface area contributed by atoms with Gasteiger partial charge in [0.1, 0.15) is 0 Å². The highest BCUT2D eigenvalue weighted by Gasteiger charge is 2.31. The van der Waals surface area contributed by atoms with Crippen molar-refractivity contribution in [3.8, 4) is 0 Å². The number of anilines is 1. The predicted octanol–water partition coefficient (Wildman–Crippen LogP) is 2.42. The van der Waals surface area contributed by atoms with E-state index in [9.17, 15) is 9.90 Å². The minimum absolute atomic E-state index is 0.260. The van der Waals surface area contributed by atoms with Crippen LogP contribution in [-0.2, 0) is 0 Å². The summed E-state index contributed by atoms with van der Waals surface area (Å²) in [4.78, 5) is 11.7. The molecule has 2 rings (SSSR count). The summed E-state index contributed by atoms with van der Waals surface area (Å²) < 4.78 is 0. The van der Waals surface area contributed by atoms with Crippen molar-refractivity contribution in [2.45, 2.75) is 38.2 Å². The lowest BCUT2D eigenvalue weighted by Gasteiger charge is -2.22. The number of aryl methyl sites for hydroxylation is 1. The molecular formula is C14H20N2O2. The number of rotatable bonds is 3. The molecule has 0 heterocycles. The average Bonchev–Trinajstić information content (AvgIpc) is 2.77. The first-order chi connectivity index (χ1) is 8.59. The smallest absolute Gasteiger partial charge is 0.319 e. The van der Waals surface area contributed by atoms with Crippen molar-refractivity contribution in [1.82, 2.24) is 5.32 Å². The highest BCUT2D eigenvalue weighted by Crippen LogP contribution is 2.28. The standard InChI is InChI=1S/C14H20N2O2/c1-11-6-2-3-7-12(11)16-13(17)15-10-14(18)8-4-5-9-14/h2-3,6-7,18H,4-5,8-10H2,1H3,(H2,15,16,17). The SMILES string of the molecule is Cc1ccccc1NC(=O)NCC1(O)CCCC1. The summed E-state index contributed by atoms with van der Waals surface area (Å²) in [5.74, 6) is 0. The number of carbonyl (C=O) groups is 1. The van der Waals surface area contributed by atoms with Gasteiger partial charge in [-0.25, -0.2) is 4.79 Å². The van der Waals surface area contributed by atoms with E-state index in [0.29, 0.717) is 6.54 Å². The molecule has 2 amide bonds. The Balaban J connectivity index is 1.84. The van der Waals surface area contributed by atoms with Crippen LogP contribution in [0.25, 0.3) is 0 Å². The maximum Gasteiger partial charge on any atom is 0.319 e. The van der Waals surface area contributed by atoms with Gasteiger partial charge in [0, 0.05) is 12.2 Å².